The van der Waals surface area contributed by atoms with E-state index in [1.54, 1.807) is 13.2 Å². The van der Waals surface area contributed by atoms with Crippen molar-refractivity contribution in [3.8, 4) is 0 Å². The van der Waals surface area contributed by atoms with Crippen LogP contribution in [0.3, 0.4) is 0 Å². The van der Waals surface area contributed by atoms with Gasteiger partial charge in [0.2, 0.25) is 0 Å². The third-order valence-electron chi connectivity index (χ3n) is 3.27. The molecule has 2 rings (SSSR count). The Morgan fingerprint density at radius 2 is 2.28 bits per heavy atom. The number of anilines is 1. The Kier molecular flexibility index (Phi) is 4.12. The van der Waals surface area contributed by atoms with Crippen LogP contribution in [0.5, 0.6) is 0 Å². The third kappa shape index (κ3) is 3.42. The van der Waals surface area contributed by atoms with Crippen LogP contribution >= 0.6 is 0 Å². The topological polar surface area (TPSA) is 66.9 Å². The van der Waals surface area contributed by atoms with Gasteiger partial charge in [-0.05, 0) is 18.8 Å². The maximum Gasteiger partial charge on any atom is 0.271 e. The molecule has 1 aromatic rings. The maximum atomic E-state index is 12.0. The lowest BCUT2D eigenvalue weighted by Crippen LogP contribution is -2.35. The lowest BCUT2D eigenvalue weighted by molar-refractivity contribution is 0.0927. The first-order chi connectivity index (χ1) is 8.72. The van der Waals surface area contributed by atoms with Crippen molar-refractivity contribution in [1.29, 1.82) is 0 Å². The number of hydrogen-bond acceptors (Lipinski definition) is 4. The molecule has 0 saturated heterocycles. The van der Waals surface area contributed by atoms with E-state index < -0.39 is 0 Å². The van der Waals surface area contributed by atoms with Crippen LogP contribution in [-0.2, 0) is 0 Å². The third-order valence-corrected chi connectivity index (χ3v) is 3.27. The monoisotopic (exact) mass is 248 g/mol. The molecular formula is C13H20N4O. The Bertz CT molecular complexity index is 417. The molecule has 18 heavy (non-hydrogen) atoms. The molecule has 1 aliphatic carbocycles. The van der Waals surface area contributed by atoms with Gasteiger partial charge in [-0.15, -0.1) is 0 Å². The van der Waals surface area contributed by atoms with Gasteiger partial charge in [0.25, 0.3) is 5.91 Å². The van der Waals surface area contributed by atoms with Crippen LogP contribution in [0.4, 0.5) is 5.82 Å². The fraction of sp³-hybridized carbons (Fsp3) is 0.615. The van der Waals surface area contributed by atoms with Crippen LogP contribution in [-0.4, -0.2) is 29.0 Å². The van der Waals surface area contributed by atoms with Crippen molar-refractivity contribution in [2.24, 2.45) is 5.92 Å². The summed E-state index contributed by atoms with van der Waals surface area (Å²) in [6.45, 7) is 2.10. The summed E-state index contributed by atoms with van der Waals surface area (Å²) in [5.41, 5.74) is 0.371. The minimum absolute atomic E-state index is 0.132. The van der Waals surface area contributed by atoms with Crippen molar-refractivity contribution in [1.82, 2.24) is 15.3 Å². The first kappa shape index (κ1) is 12.8. The zero-order chi connectivity index (χ0) is 13.0. The highest BCUT2D eigenvalue weighted by Crippen LogP contribution is 2.34. The van der Waals surface area contributed by atoms with Crippen molar-refractivity contribution in [3.63, 3.8) is 0 Å². The molecule has 1 aromatic heterocycles. The zero-order valence-corrected chi connectivity index (χ0v) is 10.9. The molecule has 1 atom stereocenters. The van der Waals surface area contributed by atoms with E-state index >= 15 is 0 Å². The quantitative estimate of drug-likeness (QED) is 0.806. The van der Waals surface area contributed by atoms with E-state index in [0.29, 0.717) is 11.5 Å². The van der Waals surface area contributed by atoms with Crippen molar-refractivity contribution in [2.45, 2.75) is 38.6 Å². The van der Waals surface area contributed by atoms with Crippen LogP contribution in [0.15, 0.2) is 12.4 Å². The summed E-state index contributed by atoms with van der Waals surface area (Å²) in [7, 11) is 1.76. The van der Waals surface area contributed by atoms with Crippen LogP contribution in [0.25, 0.3) is 0 Å². The summed E-state index contributed by atoms with van der Waals surface area (Å²) in [6.07, 6.45) is 7.75. The van der Waals surface area contributed by atoms with E-state index in [4.69, 9.17) is 0 Å². The molecular weight excluding hydrogens is 228 g/mol. The highest BCUT2D eigenvalue weighted by molar-refractivity contribution is 5.92. The number of carbonyl (C=O) groups excluding carboxylic acids is 1. The minimum atomic E-state index is -0.132. The smallest absolute Gasteiger partial charge is 0.271 e. The van der Waals surface area contributed by atoms with Crippen LogP contribution < -0.4 is 10.6 Å². The summed E-state index contributed by atoms with van der Waals surface area (Å²) >= 11 is 0. The van der Waals surface area contributed by atoms with E-state index in [9.17, 15) is 4.79 Å². The fourth-order valence-corrected chi connectivity index (χ4v) is 1.94. The van der Waals surface area contributed by atoms with E-state index in [2.05, 4.69) is 27.5 Å². The molecule has 1 aliphatic rings. The van der Waals surface area contributed by atoms with Crippen molar-refractivity contribution >= 4 is 11.7 Å². The Balaban J connectivity index is 1.96. The largest absolute Gasteiger partial charge is 0.372 e. The van der Waals surface area contributed by atoms with Gasteiger partial charge in [0.15, 0.2) is 0 Å². The Morgan fingerprint density at radius 1 is 1.50 bits per heavy atom. The molecule has 1 heterocycles. The molecule has 98 valence electrons. The Labute approximate surface area is 107 Å². The van der Waals surface area contributed by atoms with Gasteiger partial charge in [0.05, 0.1) is 12.4 Å². The van der Waals surface area contributed by atoms with Gasteiger partial charge in [0, 0.05) is 13.1 Å². The van der Waals surface area contributed by atoms with E-state index in [1.165, 1.54) is 19.0 Å². The Hall–Kier alpha value is -1.65. The van der Waals surface area contributed by atoms with Gasteiger partial charge in [-0.2, -0.15) is 0 Å². The highest BCUT2D eigenvalue weighted by atomic mass is 16.1. The number of rotatable bonds is 6. The molecule has 5 nitrogen and oxygen atoms in total. The van der Waals surface area contributed by atoms with Crippen LogP contribution in [0, 0.1) is 5.92 Å². The first-order valence-electron chi connectivity index (χ1n) is 6.53. The van der Waals surface area contributed by atoms with Gasteiger partial charge in [0.1, 0.15) is 11.5 Å². The van der Waals surface area contributed by atoms with E-state index in [1.807, 2.05) is 0 Å². The summed E-state index contributed by atoms with van der Waals surface area (Å²) in [5, 5.41) is 5.91. The molecule has 2 N–H and O–H groups in total. The number of amides is 1. The maximum absolute atomic E-state index is 12.0. The van der Waals surface area contributed by atoms with Crippen LogP contribution in [0.1, 0.15) is 43.1 Å². The summed E-state index contributed by atoms with van der Waals surface area (Å²) < 4.78 is 0. The Morgan fingerprint density at radius 3 is 2.89 bits per heavy atom. The number of nitrogens with one attached hydrogen (secondary N) is 2. The second kappa shape index (κ2) is 5.80. The minimum Gasteiger partial charge on any atom is -0.372 e. The molecule has 1 fully saturated rings. The molecule has 0 radical (unpaired) electrons. The van der Waals surface area contributed by atoms with E-state index in [-0.39, 0.29) is 11.9 Å². The summed E-state index contributed by atoms with van der Waals surface area (Å²) in [5.74, 6) is 1.29. The number of aromatic nitrogens is 2. The second-order valence-electron chi connectivity index (χ2n) is 4.80. The van der Waals surface area contributed by atoms with E-state index in [0.717, 1.165) is 18.8 Å². The van der Waals surface area contributed by atoms with Crippen molar-refractivity contribution in [2.75, 3.05) is 12.4 Å². The number of carbonyl (C=O) groups is 1. The van der Waals surface area contributed by atoms with Gasteiger partial charge in [-0.3, -0.25) is 9.78 Å². The SMILES string of the molecule is CCC(CC1CC1)NC(=O)c1cncc(NC)n1. The summed E-state index contributed by atoms with van der Waals surface area (Å²) in [4.78, 5) is 20.2. The fourth-order valence-electron chi connectivity index (χ4n) is 1.94. The lowest BCUT2D eigenvalue weighted by Gasteiger charge is -2.16. The predicted molar refractivity (Wildman–Crippen MR) is 70.5 cm³/mol. The molecule has 0 spiro atoms. The van der Waals surface area contributed by atoms with Crippen molar-refractivity contribution < 1.29 is 4.79 Å². The molecule has 0 aromatic carbocycles. The average Bonchev–Trinajstić information content (AvgIpc) is 3.21. The predicted octanol–water partition coefficient (Wildman–Crippen LogP) is 1.83. The normalized spacial score (nSPS) is 16.1. The average molecular weight is 248 g/mol. The molecule has 1 unspecified atom stereocenters. The lowest BCUT2D eigenvalue weighted by atomic mass is 10.1. The van der Waals surface area contributed by atoms with Crippen molar-refractivity contribution in [3.05, 3.63) is 18.1 Å². The zero-order valence-electron chi connectivity index (χ0n) is 10.9. The summed E-state index contributed by atoms with van der Waals surface area (Å²) in [6, 6.07) is 0.255. The first-order valence-corrected chi connectivity index (χ1v) is 6.53. The van der Waals surface area contributed by atoms with Gasteiger partial charge < -0.3 is 10.6 Å². The molecule has 5 heteroatoms. The van der Waals surface area contributed by atoms with Gasteiger partial charge in [-0.1, -0.05) is 19.8 Å². The van der Waals surface area contributed by atoms with Crippen LogP contribution in [0.2, 0.25) is 0 Å². The number of hydrogen-bond donors (Lipinski definition) is 2. The molecule has 1 amide bonds. The standard InChI is InChI=1S/C13H20N4O/c1-3-10(6-9-4-5-9)16-13(18)11-7-15-8-12(14-2)17-11/h7-10H,3-6H2,1-2H3,(H,14,17)(H,16,18). The number of nitrogens with zero attached hydrogens (tertiary/aromatic N) is 2. The highest BCUT2D eigenvalue weighted by Gasteiger charge is 2.25. The van der Waals surface area contributed by atoms with Gasteiger partial charge in [-0.25, -0.2) is 4.98 Å². The second-order valence-corrected chi connectivity index (χ2v) is 4.80. The molecule has 1 saturated carbocycles. The molecule has 0 bridgehead atoms. The molecule has 0 aliphatic heterocycles. The van der Waals surface area contributed by atoms with Gasteiger partial charge >= 0.3 is 0 Å².